The Morgan fingerprint density at radius 3 is 0.816 bits per heavy atom. The number of hydrogen-bond acceptors (Lipinski definition) is 20. The van der Waals surface area contributed by atoms with E-state index in [-0.39, 0.29) is 130 Å². The van der Waals surface area contributed by atoms with Gasteiger partial charge in [0.15, 0.2) is 0 Å². The van der Waals surface area contributed by atoms with E-state index in [4.69, 9.17) is 150 Å². The van der Waals surface area contributed by atoms with Gasteiger partial charge in [0.05, 0.1) is 108 Å². The Labute approximate surface area is 549 Å². The quantitative estimate of drug-likeness (QED) is 0.00777. The van der Waals surface area contributed by atoms with Crippen LogP contribution in [0.25, 0.3) is 168 Å². The van der Waals surface area contributed by atoms with Crippen LogP contribution in [0.1, 0.15) is 0 Å². The Hall–Kier alpha value is -8.67. The van der Waals surface area contributed by atoms with Gasteiger partial charge in [-0.3, -0.25) is 9.82 Å². The number of nitrogens with zero attached hydrogens (tertiary/aromatic N) is 46. The van der Waals surface area contributed by atoms with Gasteiger partial charge in [0.25, 0.3) is 5.09 Å². The van der Waals surface area contributed by atoms with Gasteiger partial charge in [-0.2, -0.15) is 0 Å². The van der Waals surface area contributed by atoms with Crippen LogP contribution in [0.15, 0.2) is 90.8 Å². The summed E-state index contributed by atoms with van der Waals surface area (Å²) in [5.74, 6) is 2.00. The zero-order chi connectivity index (χ0) is 66.6. The van der Waals surface area contributed by atoms with E-state index in [2.05, 4.69) is 148 Å². The second-order valence-electron chi connectivity index (χ2n) is 14.2. The summed E-state index contributed by atoms with van der Waals surface area (Å²) in [4.78, 5) is 49.5. The normalized spacial score (nSPS) is 13.4. The third-order valence-electron chi connectivity index (χ3n) is 7.63. The van der Waals surface area contributed by atoms with E-state index >= 15 is 0 Å². The fourth-order valence-electron chi connectivity index (χ4n) is 3.45. The molecule has 87 heavy (non-hydrogen) atoms. The number of hydrogen-bond donors (Lipinski definition) is 2. The number of allylic oxidation sites excluding steroid dienone is 1. The predicted molar refractivity (Wildman–Crippen MR) is 302 cm³/mol. The first kappa shape index (κ1) is 97.4. The summed E-state index contributed by atoms with van der Waals surface area (Å²) in [5.41, 5.74) is 127. The second-order valence-corrected chi connectivity index (χ2v) is 15.2. The molecule has 2 aliphatic heterocycles. The van der Waals surface area contributed by atoms with Gasteiger partial charge >= 0.3 is 59.1 Å². The fraction of sp³-hybridized carbons (Fsp3) is 0.857. The minimum Gasteiger partial charge on any atom is -0.389 e. The zero-order valence-electron chi connectivity index (χ0n) is 45.4. The van der Waals surface area contributed by atoms with Crippen molar-refractivity contribution in [3.05, 3.63) is 202 Å². The van der Waals surface area contributed by atoms with Crippen LogP contribution in [0.4, 0.5) is 0 Å². The maximum Gasteiger partial charge on any atom is 1.00 e. The van der Waals surface area contributed by atoms with Crippen molar-refractivity contribution in [3.63, 3.8) is 0 Å². The standard InChI is InChI=1S/C4H6Cl2O.C4H6Cl2.C4H6N10O3.2C4H7N9O.C4H6N6O.C4H6N6.2N3.2Na/c5-1-4(2-6)3-7-4;1-4(2-5)3-6;5-11-8-1-4(2-9-12-6,3-10-13-7)17-14(15)16;2*5-11-8-1-4(14,2-9-12-6)3-10-13-7;5-9-7-1-4(3-11-4)2-8-10-6;1-4(2-7-9-5)3-8-10-6;2*1-3-2;;/h1-3H2;1-3H2;1-3H2;2*14H,1-3H2;1-3H2;1-3H2;;;;/q;;;;;;;2*-1;2*+1. The van der Waals surface area contributed by atoms with Gasteiger partial charge in [-0.1, -0.05) is 85.2 Å². The first-order chi connectivity index (χ1) is 40.6. The van der Waals surface area contributed by atoms with Gasteiger partial charge < -0.3 is 46.6 Å². The molecule has 458 valence electrons. The monoisotopic (exact) mass is 1320 g/mol. The number of azide groups is 13. The van der Waals surface area contributed by atoms with Gasteiger partial charge in [-0.25, -0.2) is 0 Å². The van der Waals surface area contributed by atoms with Crippen LogP contribution in [0.2, 0.25) is 0 Å². The van der Waals surface area contributed by atoms with E-state index in [9.17, 15) is 20.3 Å². The van der Waals surface area contributed by atoms with Crippen molar-refractivity contribution in [2.45, 2.75) is 28.0 Å². The summed E-state index contributed by atoms with van der Waals surface area (Å²) in [5, 5.41) is 69.4. The van der Waals surface area contributed by atoms with E-state index in [1.807, 2.05) is 0 Å². The molecule has 0 aliphatic carbocycles. The van der Waals surface area contributed by atoms with Crippen LogP contribution in [-0.2, 0) is 14.3 Å². The van der Waals surface area contributed by atoms with Crippen molar-refractivity contribution in [1.82, 2.24) is 0 Å². The molecule has 53 nitrogen and oxygen atoms in total. The van der Waals surface area contributed by atoms with E-state index in [1.165, 1.54) is 9.82 Å². The molecule has 0 spiro atoms. The average molecular weight is 1320 g/mol. The minimum atomic E-state index is -1.78. The summed E-state index contributed by atoms with van der Waals surface area (Å²) >= 11 is 21.4. The van der Waals surface area contributed by atoms with Crippen molar-refractivity contribution < 1.29 is 88.7 Å². The molecule has 0 unspecified atom stereocenters. The molecule has 0 aromatic rings. The molecule has 2 saturated heterocycles. The van der Waals surface area contributed by atoms with Crippen molar-refractivity contribution in [2.24, 2.45) is 66.5 Å². The van der Waals surface area contributed by atoms with Crippen LogP contribution < -0.4 is 59.1 Å². The molecule has 59 heteroatoms. The molecule has 2 rings (SSSR count). The molecular formula is C28H44Cl4N46Na2O7. The van der Waals surface area contributed by atoms with Crippen molar-refractivity contribution in [1.29, 1.82) is 0 Å². The molecule has 0 atom stereocenters. The molecule has 0 aromatic carbocycles. The van der Waals surface area contributed by atoms with Gasteiger partial charge in [0.2, 0.25) is 0 Å². The Balaban J connectivity index is -0.000000116. The maximum atomic E-state index is 10.3. The maximum absolute atomic E-state index is 10.3. The number of alkyl halides is 4. The first-order valence-electron chi connectivity index (χ1n) is 20.8. The molecule has 2 N–H and O–H groups in total. The number of halogens is 4. The van der Waals surface area contributed by atoms with Gasteiger partial charge in [-0.05, 0) is 77.5 Å². The van der Waals surface area contributed by atoms with Crippen molar-refractivity contribution in [3.8, 4) is 0 Å². The number of rotatable bonds is 32. The molecule has 0 radical (unpaired) electrons. The van der Waals surface area contributed by atoms with Crippen molar-refractivity contribution in [2.75, 3.05) is 122 Å². The van der Waals surface area contributed by atoms with Crippen LogP contribution in [0, 0.1) is 10.1 Å². The second kappa shape index (κ2) is 69.8. The van der Waals surface area contributed by atoms with E-state index in [1.54, 1.807) is 0 Å². The Kier molecular flexibility index (Phi) is 78.2. The van der Waals surface area contributed by atoms with Gasteiger partial charge in [0.1, 0.15) is 16.8 Å². The third kappa shape index (κ3) is 69.7. The number of ether oxygens (including phenoxy) is 2. The summed E-state index contributed by atoms with van der Waals surface area (Å²) in [7, 11) is 0. The number of epoxide rings is 2. The number of aliphatic hydroxyl groups is 2. The molecule has 2 aliphatic rings. The minimum absolute atomic E-state index is 0. The SMILES string of the molecule is C=C(CCl)CCl.C=C(CN=[N+]=[N-])CN=[N+]=[N-].ClCC1(CCl)CO1.[N-]=[N+]=NCC(CN=[N+]=[N-])(CN=[N+]=[N-])O[N+](=O)[O-].[N-]=[N+]=NCC(O)(CN=[N+]=[N-])CN=[N+]=[N-].[N-]=[N+]=NCC(O)(CN=[N+]=[N-])CN=[N+]=[N-].[N-]=[N+]=NCC1(CN=[N+]=[N-])CO1.[N-]=[N+]=[N-].[N-]=[N+]=[N-].[Na+].[Na+]. The molecule has 2 fully saturated rings. The molecule has 0 saturated carbocycles. The summed E-state index contributed by atoms with van der Waals surface area (Å²) < 4.78 is 9.90. The Bertz CT molecular complexity index is 2470. The smallest absolute Gasteiger partial charge is 0.389 e. The van der Waals surface area contributed by atoms with Crippen molar-refractivity contribution >= 4 is 46.4 Å². The van der Waals surface area contributed by atoms with E-state index in [0.717, 1.165) is 12.2 Å². The molecule has 0 aromatic heterocycles. The Morgan fingerprint density at radius 1 is 0.448 bits per heavy atom. The van der Waals surface area contributed by atoms with Crippen LogP contribution in [0.3, 0.4) is 0 Å². The average Bonchev–Trinajstić information content (AvgIpc) is 4.63. The topological polar surface area (TPSA) is 869 Å². The van der Waals surface area contributed by atoms with E-state index < -0.39 is 47.1 Å². The van der Waals surface area contributed by atoms with Crippen LogP contribution in [-0.4, -0.2) is 165 Å². The van der Waals surface area contributed by atoms with Gasteiger partial charge in [-0.15, -0.1) is 56.5 Å². The largest absolute Gasteiger partial charge is 1.00 e. The van der Waals surface area contributed by atoms with E-state index in [0.29, 0.717) is 35.7 Å². The zero-order valence-corrected chi connectivity index (χ0v) is 52.4. The summed E-state index contributed by atoms with van der Waals surface area (Å²) in [6, 6.07) is 0. The molecule has 2 heterocycles. The van der Waals surface area contributed by atoms with Crippen LogP contribution in [0.5, 0.6) is 0 Å². The third-order valence-corrected chi connectivity index (χ3v) is 9.36. The Morgan fingerprint density at radius 2 is 0.667 bits per heavy atom. The molecular weight excluding hydrogens is 1280 g/mol. The van der Waals surface area contributed by atoms with Gasteiger partial charge in [0, 0.05) is 88.7 Å². The first-order valence-corrected chi connectivity index (χ1v) is 22.9. The van der Waals surface area contributed by atoms with Crippen LogP contribution >= 0.6 is 46.4 Å². The predicted octanol–water partition coefficient (Wildman–Crippen LogP) is 7.69. The fourth-order valence-corrected chi connectivity index (χ4v) is 4.33. The molecule has 0 amide bonds. The molecule has 0 bridgehead atoms. The summed E-state index contributed by atoms with van der Waals surface area (Å²) in [6.45, 7) is 5.68. The summed E-state index contributed by atoms with van der Waals surface area (Å²) in [6.07, 6.45) is 0.